The predicted molar refractivity (Wildman–Crippen MR) is 146 cm³/mol. The van der Waals surface area contributed by atoms with Gasteiger partial charge in [0.25, 0.3) is 11.8 Å². The van der Waals surface area contributed by atoms with Crippen molar-refractivity contribution in [1.29, 1.82) is 0 Å². The molecule has 16 heteroatoms. The third-order valence-corrected chi connectivity index (χ3v) is 8.32. The molecule has 2 atom stereocenters. The summed E-state index contributed by atoms with van der Waals surface area (Å²) in [6.45, 7) is 0.591. The lowest BCUT2D eigenvalue weighted by Crippen LogP contribution is -2.22. The van der Waals surface area contributed by atoms with Crippen LogP contribution in [0, 0.1) is 17.6 Å². The van der Waals surface area contributed by atoms with E-state index >= 15 is 0 Å². The molecule has 2 unspecified atom stereocenters. The first-order valence-electron chi connectivity index (χ1n) is 13.0. The molecule has 3 heterocycles. The van der Waals surface area contributed by atoms with Gasteiger partial charge < -0.3 is 20.2 Å². The molecule has 1 fully saturated rings. The topological polar surface area (TPSA) is 89.0 Å². The van der Waals surface area contributed by atoms with Gasteiger partial charge in [0.05, 0.1) is 47.2 Å². The number of rotatable bonds is 5. The molecular weight excluding hydrogens is 638 g/mol. The first kappa shape index (κ1) is 30.5. The molecule has 6 rings (SSSR count). The Kier molecular flexibility index (Phi) is 7.51. The fourth-order valence-corrected chi connectivity index (χ4v) is 6.05. The van der Waals surface area contributed by atoms with E-state index in [1.54, 1.807) is 0 Å². The fraction of sp³-hybridized carbons (Fsp3) is 0.207. The second-order valence-corrected chi connectivity index (χ2v) is 11.1. The minimum Gasteiger partial charge on any atom is -0.389 e. The van der Waals surface area contributed by atoms with Crippen LogP contribution in [0.4, 0.5) is 46.5 Å². The highest BCUT2D eigenvalue weighted by atomic mass is 32.1. The molecule has 4 aromatic rings. The van der Waals surface area contributed by atoms with Crippen LogP contribution in [0.15, 0.2) is 59.8 Å². The average molecular weight is 656 g/mol. The lowest BCUT2D eigenvalue weighted by molar-refractivity contribution is -0.140. The second kappa shape index (κ2) is 11.1. The van der Waals surface area contributed by atoms with Gasteiger partial charge in [0.1, 0.15) is 16.5 Å². The Hall–Kier alpha value is -4.57. The third kappa shape index (κ3) is 5.82. The molecule has 2 amide bonds. The molecular formula is C29H17F8N3O4S. The van der Waals surface area contributed by atoms with E-state index in [4.69, 9.17) is 9.57 Å². The van der Waals surface area contributed by atoms with Crippen LogP contribution in [0.2, 0.25) is 0 Å². The minimum atomic E-state index is -5.09. The Morgan fingerprint density at radius 3 is 2.33 bits per heavy atom. The van der Waals surface area contributed by atoms with Gasteiger partial charge in [0, 0.05) is 21.3 Å². The van der Waals surface area contributed by atoms with Crippen LogP contribution in [0.5, 0.6) is 0 Å². The number of hydrogen-bond acceptors (Lipinski definition) is 6. The van der Waals surface area contributed by atoms with E-state index in [-0.39, 0.29) is 27.8 Å². The number of ether oxygens (including phenoxy) is 1. The van der Waals surface area contributed by atoms with Crippen LogP contribution in [-0.4, -0.2) is 36.8 Å². The first-order chi connectivity index (χ1) is 21.2. The summed E-state index contributed by atoms with van der Waals surface area (Å²) in [5.41, 5.74) is -3.26. The van der Waals surface area contributed by atoms with Crippen molar-refractivity contribution < 1.29 is 54.3 Å². The van der Waals surface area contributed by atoms with Gasteiger partial charge in [-0.3, -0.25) is 9.59 Å². The number of alkyl halides is 6. The molecule has 0 bridgehead atoms. The summed E-state index contributed by atoms with van der Waals surface area (Å²) in [7, 11) is 0. The molecule has 0 radical (unpaired) electrons. The summed E-state index contributed by atoms with van der Waals surface area (Å²) in [5, 5.41) is 8.51. The number of oxime groups is 1. The third-order valence-electron chi connectivity index (χ3n) is 7.16. The van der Waals surface area contributed by atoms with Crippen LogP contribution in [0.3, 0.4) is 0 Å². The van der Waals surface area contributed by atoms with Crippen molar-refractivity contribution in [2.24, 2.45) is 11.1 Å². The lowest BCUT2D eigenvalue weighted by atomic mass is 9.94. The summed E-state index contributed by atoms with van der Waals surface area (Å²) in [5.74, 6) is -5.02. The van der Waals surface area contributed by atoms with Gasteiger partial charge in [-0.25, -0.2) is 8.78 Å². The number of carbonyl (C=O) groups is 2. The number of hydrogen-bond donors (Lipinski definition) is 2. The van der Waals surface area contributed by atoms with E-state index in [1.807, 2.05) is 0 Å². The van der Waals surface area contributed by atoms with Crippen LogP contribution >= 0.6 is 11.3 Å². The highest BCUT2D eigenvalue weighted by molar-refractivity contribution is 7.21. The van der Waals surface area contributed by atoms with Gasteiger partial charge >= 0.3 is 12.4 Å². The van der Waals surface area contributed by atoms with Crippen molar-refractivity contribution in [3.8, 4) is 0 Å². The van der Waals surface area contributed by atoms with Crippen molar-refractivity contribution in [2.75, 3.05) is 23.8 Å². The zero-order valence-corrected chi connectivity index (χ0v) is 23.1. The maximum Gasteiger partial charge on any atom is 0.419 e. The Morgan fingerprint density at radius 2 is 1.60 bits per heavy atom. The predicted octanol–water partition coefficient (Wildman–Crippen LogP) is 7.47. The number of benzene rings is 3. The number of halogens is 8. The maximum atomic E-state index is 14.9. The zero-order chi connectivity index (χ0) is 32.3. The van der Waals surface area contributed by atoms with Gasteiger partial charge in [0.2, 0.25) is 0 Å². The largest absolute Gasteiger partial charge is 0.419 e. The van der Waals surface area contributed by atoms with Crippen LogP contribution in [0.1, 0.15) is 36.7 Å². The van der Waals surface area contributed by atoms with Crippen molar-refractivity contribution in [1.82, 2.24) is 0 Å². The monoisotopic (exact) mass is 655 g/mol. The molecule has 2 aliphatic heterocycles. The molecule has 2 aliphatic rings. The number of anilines is 2. The molecule has 0 saturated carbocycles. The minimum absolute atomic E-state index is 0.0299. The first-order valence-corrected chi connectivity index (χ1v) is 13.8. The van der Waals surface area contributed by atoms with Gasteiger partial charge in [-0.15, -0.1) is 11.3 Å². The number of carbonyl (C=O) groups excluding carboxylic acids is 2. The molecule has 1 saturated heterocycles. The lowest BCUT2D eigenvalue weighted by Gasteiger charge is -2.13. The highest BCUT2D eigenvalue weighted by Crippen LogP contribution is 2.41. The van der Waals surface area contributed by atoms with Crippen LogP contribution in [0.25, 0.3) is 10.1 Å². The Bertz CT molecular complexity index is 1890. The summed E-state index contributed by atoms with van der Waals surface area (Å²) < 4.78 is 114. The van der Waals surface area contributed by atoms with Gasteiger partial charge in [-0.1, -0.05) is 17.3 Å². The summed E-state index contributed by atoms with van der Waals surface area (Å²) in [6.07, 6.45) is -10.2. The van der Waals surface area contributed by atoms with Crippen molar-refractivity contribution >= 4 is 50.3 Å². The highest BCUT2D eigenvalue weighted by Gasteiger charge is 2.40. The van der Waals surface area contributed by atoms with Crippen molar-refractivity contribution in [3.63, 3.8) is 0 Å². The molecule has 1 aromatic heterocycles. The van der Waals surface area contributed by atoms with Crippen molar-refractivity contribution in [3.05, 3.63) is 93.4 Å². The number of nitrogens with zero attached hydrogens (tertiary/aromatic N) is 1. The normalized spacial score (nSPS) is 18.0. The Balaban J connectivity index is 1.37. The zero-order valence-electron chi connectivity index (χ0n) is 22.3. The van der Waals surface area contributed by atoms with Crippen LogP contribution < -0.4 is 10.6 Å². The summed E-state index contributed by atoms with van der Waals surface area (Å²) in [6, 6.07) is 7.70. The van der Waals surface area contributed by atoms with E-state index in [0.717, 1.165) is 24.3 Å². The van der Waals surface area contributed by atoms with E-state index in [0.29, 0.717) is 54.0 Å². The Labute approximate surface area is 251 Å². The number of fused-ring (bicyclic) bond motifs is 2. The summed E-state index contributed by atoms with van der Waals surface area (Å²) in [4.78, 5) is 31.6. The standard InChI is InChI=1S/C29H17F8N3O4S/c30-19-5-1-12(23-17-10-43-11-21(17)44-40-23)7-16(19)26(41)39-24-15-4-2-13(28(32,33)34)8-22(15)45-25(24)27(42)38-14-3-6-20(31)18(9-14)29(35,36)37/h1-9,17,21H,10-11H2,(H,38,42)(H,39,41). The molecule has 3 aromatic carbocycles. The SMILES string of the molecule is O=C(Nc1c(C(=O)Nc2ccc(F)c(C(F)(F)F)c2)sc2cc(C(F)(F)F)ccc12)c1cc(C2=NOC3COCC23)ccc1F. The molecule has 45 heavy (non-hydrogen) atoms. The maximum absolute atomic E-state index is 14.9. The molecule has 7 nitrogen and oxygen atoms in total. The Morgan fingerprint density at radius 1 is 0.844 bits per heavy atom. The molecule has 0 aliphatic carbocycles. The quantitative estimate of drug-likeness (QED) is 0.219. The van der Waals surface area contributed by atoms with Crippen molar-refractivity contribution in [2.45, 2.75) is 18.5 Å². The van der Waals surface area contributed by atoms with E-state index < -0.39 is 63.1 Å². The number of thiophene rings is 1. The van der Waals surface area contributed by atoms with Crippen LogP contribution in [-0.2, 0) is 21.9 Å². The number of amides is 2. The molecule has 0 spiro atoms. The van der Waals surface area contributed by atoms with E-state index in [2.05, 4.69) is 15.8 Å². The van der Waals surface area contributed by atoms with Gasteiger partial charge in [-0.05, 0) is 42.5 Å². The summed E-state index contributed by atoms with van der Waals surface area (Å²) >= 11 is 0.503. The van der Waals surface area contributed by atoms with Gasteiger partial charge in [0.15, 0.2) is 6.10 Å². The fourth-order valence-electron chi connectivity index (χ4n) is 4.96. The smallest absolute Gasteiger partial charge is 0.389 e. The van der Waals surface area contributed by atoms with Gasteiger partial charge in [-0.2, -0.15) is 26.3 Å². The number of nitrogens with one attached hydrogen (secondary N) is 2. The van der Waals surface area contributed by atoms with E-state index in [1.165, 1.54) is 12.1 Å². The second-order valence-electron chi connectivity index (χ2n) is 10.1. The van der Waals surface area contributed by atoms with E-state index in [9.17, 15) is 44.7 Å². The molecule has 234 valence electrons. The molecule has 2 N–H and O–H groups in total. The average Bonchev–Trinajstić information content (AvgIpc) is 3.68.